The molecule has 142 valence electrons. The first-order valence-electron chi connectivity index (χ1n) is 8.29. The summed E-state index contributed by atoms with van der Waals surface area (Å²) >= 11 is 0. The fraction of sp³-hybridized carbons (Fsp3) is 0.250. The van der Waals surface area contributed by atoms with Crippen molar-refractivity contribution in [3.05, 3.63) is 65.7 Å². The van der Waals surface area contributed by atoms with Gasteiger partial charge in [0.1, 0.15) is 13.2 Å². The lowest BCUT2D eigenvalue weighted by molar-refractivity contribution is -0.119. The van der Waals surface area contributed by atoms with E-state index in [-0.39, 0.29) is 19.1 Å². The first-order valence-corrected chi connectivity index (χ1v) is 8.29. The molecule has 0 aliphatic carbocycles. The molecular weight excluding hydrogens is 348 g/mol. The van der Waals surface area contributed by atoms with E-state index < -0.39 is 12.1 Å². The monoisotopic (exact) mass is 370 g/mol. The van der Waals surface area contributed by atoms with Crippen molar-refractivity contribution in [2.75, 3.05) is 32.6 Å². The Bertz CT molecular complexity index is 790. The Morgan fingerprint density at radius 2 is 1.56 bits per heavy atom. The Morgan fingerprint density at radius 1 is 0.926 bits per heavy atom. The number of amides is 2. The maximum absolute atomic E-state index is 12.4. The largest absolute Gasteiger partial charge is 0.465 e. The Kier molecular flexibility index (Phi) is 6.93. The number of benzene rings is 2. The van der Waals surface area contributed by atoms with Gasteiger partial charge in [0.05, 0.1) is 12.7 Å². The highest BCUT2D eigenvalue weighted by Crippen LogP contribution is 2.15. The summed E-state index contributed by atoms with van der Waals surface area (Å²) in [5.74, 6) is -0.739. The number of methoxy groups -OCH3 is 1. The lowest BCUT2D eigenvalue weighted by Gasteiger charge is -2.22. The molecule has 0 aromatic heterocycles. The highest BCUT2D eigenvalue weighted by Gasteiger charge is 2.18. The molecule has 0 fully saturated rings. The van der Waals surface area contributed by atoms with E-state index in [1.807, 2.05) is 30.3 Å². The topological polar surface area (TPSA) is 76.2 Å². The van der Waals surface area contributed by atoms with Crippen LogP contribution in [0.1, 0.15) is 15.9 Å². The van der Waals surface area contributed by atoms with Crippen LogP contribution >= 0.6 is 0 Å². The standard InChI is InChI=1S/C20H22N2O5/c1-21(20(25)27-14-15-7-5-4-6-8-15)13-18(23)22(2)17-11-9-16(10-12-17)19(24)26-3/h4-12H,13-14H2,1-3H3. The number of carbonyl (C=O) groups excluding carboxylic acids is 3. The molecule has 0 atom stereocenters. The van der Waals surface area contributed by atoms with Crippen LogP contribution in [-0.2, 0) is 20.9 Å². The second-order valence-corrected chi connectivity index (χ2v) is 5.89. The SMILES string of the molecule is COC(=O)c1ccc(N(C)C(=O)CN(C)C(=O)OCc2ccccc2)cc1. The molecule has 2 rings (SSSR count). The van der Waals surface area contributed by atoms with Crippen LogP contribution in [-0.4, -0.2) is 50.6 Å². The molecule has 7 heteroatoms. The van der Waals surface area contributed by atoms with E-state index >= 15 is 0 Å². The summed E-state index contributed by atoms with van der Waals surface area (Å²) in [6.07, 6.45) is -0.582. The number of rotatable bonds is 6. The van der Waals surface area contributed by atoms with Crippen LogP contribution in [0.5, 0.6) is 0 Å². The summed E-state index contributed by atoms with van der Waals surface area (Å²) in [7, 11) is 4.40. The fourth-order valence-corrected chi connectivity index (χ4v) is 2.29. The van der Waals surface area contributed by atoms with Gasteiger partial charge in [-0.25, -0.2) is 9.59 Å². The van der Waals surface area contributed by atoms with E-state index in [2.05, 4.69) is 4.74 Å². The van der Waals surface area contributed by atoms with Gasteiger partial charge in [0, 0.05) is 19.8 Å². The molecule has 2 aromatic rings. The van der Waals surface area contributed by atoms with Crippen molar-refractivity contribution in [1.29, 1.82) is 0 Å². The van der Waals surface area contributed by atoms with Crippen LogP contribution in [0.15, 0.2) is 54.6 Å². The summed E-state index contributed by atoms with van der Waals surface area (Å²) in [6.45, 7) is 0.00586. The number of hydrogen-bond acceptors (Lipinski definition) is 5. The quantitative estimate of drug-likeness (QED) is 0.731. The van der Waals surface area contributed by atoms with Gasteiger partial charge >= 0.3 is 12.1 Å². The lowest BCUT2D eigenvalue weighted by Crippen LogP contribution is -2.39. The normalized spacial score (nSPS) is 10.0. The Hall–Kier alpha value is -3.35. The summed E-state index contributed by atoms with van der Waals surface area (Å²) in [5, 5.41) is 0. The van der Waals surface area contributed by atoms with Gasteiger partial charge in [-0.1, -0.05) is 30.3 Å². The fourth-order valence-electron chi connectivity index (χ4n) is 2.29. The number of hydrogen-bond donors (Lipinski definition) is 0. The lowest BCUT2D eigenvalue weighted by atomic mass is 10.2. The molecule has 7 nitrogen and oxygen atoms in total. The van der Waals surface area contributed by atoms with E-state index in [0.717, 1.165) is 5.56 Å². The molecule has 0 spiro atoms. The maximum atomic E-state index is 12.4. The second-order valence-electron chi connectivity index (χ2n) is 5.89. The number of esters is 1. The van der Waals surface area contributed by atoms with Crippen molar-refractivity contribution < 1.29 is 23.9 Å². The first-order chi connectivity index (χ1) is 12.9. The summed E-state index contributed by atoms with van der Waals surface area (Å²) in [6, 6.07) is 15.7. The van der Waals surface area contributed by atoms with Crippen molar-refractivity contribution in [2.24, 2.45) is 0 Å². The van der Waals surface area contributed by atoms with Gasteiger partial charge in [0.2, 0.25) is 5.91 Å². The van der Waals surface area contributed by atoms with E-state index in [0.29, 0.717) is 11.3 Å². The predicted octanol–water partition coefficient (Wildman–Crippen LogP) is 2.70. The van der Waals surface area contributed by atoms with Crippen LogP contribution in [0.25, 0.3) is 0 Å². The molecule has 0 bridgehead atoms. The van der Waals surface area contributed by atoms with Crippen LogP contribution in [0.4, 0.5) is 10.5 Å². The van der Waals surface area contributed by atoms with E-state index in [1.165, 1.54) is 24.0 Å². The van der Waals surface area contributed by atoms with Crippen molar-refractivity contribution in [2.45, 2.75) is 6.61 Å². The van der Waals surface area contributed by atoms with Crippen molar-refractivity contribution in [3.8, 4) is 0 Å². The molecular formula is C20H22N2O5. The molecule has 0 aliphatic rings. The number of carbonyl (C=O) groups is 3. The zero-order valence-electron chi connectivity index (χ0n) is 15.5. The smallest absolute Gasteiger partial charge is 0.410 e. The van der Waals surface area contributed by atoms with E-state index in [4.69, 9.17) is 4.74 Å². The molecule has 0 heterocycles. The molecule has 0 N–H and O–H groups in total. The Balaban J connectivity index is 1.88. The Morgan fingerprint density at radius 3 is 2.15 bits per heavy atom. The van der Waals surface area contributed by atoms with Crippen LogP contribution in [0.3, 0.4) is 0 Å². The molecule has 2 amide bonds. The predicted molar refractivity (Wildman–Crippen MR) is 100 cm³/mol. The first kappa shape index (κ1) is 20.0. The summed E-state index contributed by atoms with van der Waals surface area (Å²) < 4.78 is 9.84. The molecule has 2 aromatic carbocycles. The van der Waals surface area contributed by atoms with Crippen molar-refractivity contribution in [1.82, 2.24) is 4.90 Å². The molecule has 0 radical (unpaired) electrons. The summed E-state index contributed by atoms with van der Waals surface area (Å²) in [5.41, 5.74) is 1.86. The highest BCUT2D eigenvalue weighted by molar-refractivity contribution is 5.96. The van der Waals surface area contributed by atoms with Crippen molar-refractivity contribution in [3.63, 3.8) is 0 Å². The number of nitrogens with zero attached hydrogens (tertiary/aromatic N) is 2. The third kappa shape index (κ3) is 5.57. The van der Waals surface area contributed by atoms with Crippen molar-refractivity contribution >= 4 is 23.7 Å². The molecule has 0 aliphatic heterocycles. The van der Waals surface area contributed by atoms with Gasteiger partial charge in [-0.05, 0) is 29.8 Å². The number of ether oxygens (including phenoxy) is 2. The average Bonchev–Trinajstić information content (AvgIpc) is 2.71. The number of anilines is 1. The zero-order valence-corrected chi connectivity index (χ0v) is 15.5. The van der Waals surface area contributed by atoms with E-state index in [1.54, 1.807) is 31.3 Å². The third-order valence-electron chi connectivity index (χ3n) is 3.94. The van der Waals surface area contributed by atoms with Gasteiger partial charge in [0.15, 0.2) is 0 Å². The van der Waals surface area contributed by atoms with Gasteiger partial charge < -0.3 is 19.3 Å². The number of likely N-dealkylation sites (N-methyl/N-ethyl adjacent to an activating group) is 2. The molecule has 0 saturated heterocycles. The highest BCUT2D eigenvalue weighted by atomic mass is 16.6. The molecule has 0 saturated carbocycles. The maximum Gasteiger partial charge on any atom is 0.410 e. The van der Waals surface area contributed by atoms with Gasteiger partial charge in [-0.3, -0.25) is 4.79 Å². The minimum atomic E-state index is -0.582. The zero-order chi connectivity index (χ0) is 19.8. The van der Waals surface area contributed by atoms with Crippen LogP contribution in [0.2, 0.25) is 0 Å². The molecule has 0 unspecified atom stereocenters. The van der Waals surface area contributed by atoms with Crippen LogP contribution < -0.4 is 4.90 Å². The summed E-state index contributed by atoms with van der Waals surface area (Å²) in [4.78, 5) is 38.5. The minimum Gasteiger partial charge on any atom is -0.465 e. The Labute approximate surface area is 158 Å². The third-order valence-corrected chi connectivity index (χ3v) is 3.94. The molecule has 27 heavy (non-hydrogen) atoms. The van der Waals surface area contributed by atoms with Gasteiger partial charge in [-0.15, -0.1) is 0 Å². The minimum absolute atomic E-state index is 0.136. The van der Waals surface area contributed by atoms with Gasteiger partial charge in [-0.2, -0.15) is 0 Å². The second kappa shape index (κ2) is 9.38. The van der Waals surface area contributed by atoms with Gasteiger partial charge in [0.25, 0.3) is 0 Å². The van der Waals surface area contributed by atoms with E-state index in [9.17, 15) is 14.4 Å². The average molecular weight is 370 g/mol. The van der Waals surface area contributed by atoms with Crippen LogP contribution in [0, 0.1) is 0 Å².